The monoisotopic (exact) mass is 487 g/mol. The van der Waals surface area contributed by atoms with Crippen LogP contribution in [0.1, 0.15) is 33.3 Å². The Hall–Kier alpha value is -1.17. The van der Waals surface area contributed by atoms with Gasteiger partial charge in [-0.1, -0.05) is 0 Å². The van der Waals surface area contributed by atoms with Gasteiger partial charge in [0.05, 0.1) is 23.5 Å². The van der Waals surface area contributed by atoms with E-state index in [1.165, 1.54) is 0 Å². The zero-order chi connectivity index (χ0) is 21.7. The summed E-state index contributed by atoms with van der Waals surface area (Å²) in [5.74, 6) is 0. The predicted molar refractivity (Wildman–Crippen MR) is 100 cm³/mol. The third kappa shape index (κ3) is 3.81. The van der Waals surface area contributed by atoms with Crippen LogP contribution in [-0.2, 0) is 16.2 Å². The van der Waals surface area contributed by atoms with E-state index in [1.807, 2.05) is 0 Å². The van der Waals surface area contributed by atoms with Gasteiger partial charge in [-0.15, -0.1) is 0 Å². The molecule has 1 unspecified atom stereocenters. The van der Waals surface area contributed by atoms with Gasteiger partial charge < -0.3 is 5.11 Å². The molecule has 0 spiro atoms. The van der Waals surface area contributed by atoms with E-state index in [-0.39, 0.29) is 33.5 Å². The maximum absolute atomic E-state index is 13.0. The summed E-state index contributed by atoms with van der Waals surface area (Å²) < 4.78 is 65.2. The molecule has 0 radical (unpaired) electrons. The predicted octanol–water partition coefficient (Wildman–Crippen LogP) is 4.15. The molecule has 2 rings (SSSR count). The maximum Gasteiger partial charge on any atom is 0.514 e. The first kappa shape index (κ1) is 23.1. The van der Waals surface area contributed by atoms with Crippen LogP contribution in [0.3, 0.4) is 0 Å². The van der Waals surface area contributed by atoms with Crippen molar-refractivity contribution >= 4 is 32.0 Å². The molecule has 28 heavy (non-hydrogen) atoms. The van der Waals surface area contributed by atoms with Crippen molar-refractivity contribution in [3.8, 4) is 0 Å². The summed E-state index contributed by atoms with van der Waals surface area (Å²) in [5, 5.41) is 9.84. The molecule has 1 aliphatic rings. The molecule has 11 heteroatoms. The molecule has 1 aromatic carbocycles. The average Bonchev–Trinajstić information content (AvgIpc) is 2.51. The fourth-order valence-electron chi connectivity index (χ4n) is 3.83. The summed E-state index contributed by atoms with van der Waals surface area (Å²) in [7, 11) is -4.09. The van der Waals surface area contributed by atoms with Crippen LogP contribution >= 0.6 is 15.9 Å². The second-order valence-electron chi connectivity index (χ2n) is 7.90. The third-order valence-corrected chi connectivity index (χ3v) is 8.18. The number of amides is 1. The Kier molecular flexibility index (Phi) is 5.99. The first-order chi connectivity index (χ1) is 12.5. The highest BCUT2D eigenvalue weighted by molar-refractivity contribution is 9.10. The number of alkyl halides is 3. The minimum Gasteiger partial charge on any atom is -0.435 e. The highest BCUT2D eigenvalue weighted by Crippen LogP contribution is 2.37. The minimum atomic E-state index is -4.59. The molecular weight excluding hydrogens is 465 g/mol. The maximum atomic E-state index is 13.0. The first-order valence-corrected chi connectivity index (χ1v) is 10.8. The van der Waals surface area contributed by atoms with Gasteiger partial charge in [0.1, 0.15) is 18.1 Å². The Morgan fingerprint density at radius 2 is 1.86 bits per heavy atom. The van der Waals surface area contributed by atoms with Gasteiger partial charge in [-0.2, -0.15) is 22.3 Å². The number of sulfonamides is 1. The normalized spacial score (nSPS) is 24.9. The zero-order valence-corrected chi connectivity index (χ0v) is 18.3. The molecule has 1 saturated heterocycles. The van der Waals surface area contributed by atoms with Crippen LogP contribution in [0, 0.1) is 0 Å². The van der Waals surface area contributed by atoms with Crippen molar-refractivity contribution in [2.24, 2.45) is 0 Å². The zero-order valence-electron chi connectivity index (χ0n) is 15.9. The van der Waals surface area contributed by atoms with Crippen molar-refractivity contribution < 1.29 is 36.0 Å². The number of nitrogens with zero attached hydrogens (tertiary/aromatic N) is 2. The molecule has 1 fully saturated rings. The van der Waals surface area contributed by atoms with Crippen molar-refractivity contribution in [2.75, 3.05) is 19.6 Å². The molecule has 1 N–H and O–H groups in total. The molecule has 0 saturated carbocycles. The van der Waals surface area contributed by atoms with Gasteiger partial charge in [-0.05, 0) is 61.8 Å². The number of quaternary nitrogens is 1. The number of halogens is 4. The molecule has 2 atom stereocenters. The van der Waals surface area contributed by atoms with E-state index in [9.17, 15) is 31.5 Å². The van der Waals surface area contributed by atoms with E-state index in [0.29, 0.717) is 0 Å². The Bertz CT molecular complexity index is 883. The van der Waals surface area contributed by atoms with E-state index in [0.717, 1.165) is 22.5 Å². The lowest BCUT2D eigenvalue weighted by Crippen LogP contribution is -2.74. The molecule has 0 aliphatic carbocycles. The third-order valence-electron chi connectivity index (χ3n) is 5.34. The average molecular weight is 488 g/mol. The number of carbonyl (C=O) groups is 1. The summed E-state index contributed by atoms with van der Waals surface area (Å²) in [6.45, 7) is 6.97. The Labute approximate surface area is 170 Å². The van der Waals surface area contributed by atoms with Gasteiger partial charge in [0.2, 0.25) is 10.0 Å². The van der Waals surface area contributed by atoms with Gasteiger partial charge in [-0.25, -0.2) is 12.9 Å². The van der Waals surface area contributed by atoms with Gasteiger partial charge in [0.15, 0.2) is 0 Å². The molecule has 0 aromatic heterocycles. The van der Waals surface area contributed by atoms with Crippen molar-refractivity contribution in [3.63, 3.8) is 0 Å². The quantitative estimate of drug-likeness (QED) is 0.635. The van der Waals surface area contributed by atoms with Crippen LogP contribution in [0.2, 0.25) is 0 Å². The Morgan fingerprint density at radius 3 is 2.25 bits per heavy atom. The summed E-state index contributed by atoms with van der Waals surface area (Å²) >= 11 is 2.93. The summed E-state index contributed by atoms with van der Waals surface area (Å²) in [5.41, 5.74) is -1.62. The first-order valence-electron chi connectivity index (χ1n) is 8.53. The topological polar surface area (TPSA) is 74.7 Å². The summed E-state index contributed by atoms with van der Waals surface area (Å²) in [4.78, 5) is 11.8. The van der Waals surface area contributed by atoms with Crippen LogP contribution in [0.5, 0.6) is 0 Å². The van der Waals surface area contributed by atoms with Crippen LogP contribution < -0.4 is 0 Å². The van der Waals surface area contributed by atoms with Crippen molar-refractivity contribution in [2.45, 2.75) is 50.3 Å². The number of hydrogen-bond donors (Lipinski definition) is 1. The van der Waals surface area contributed by atoms with E-state index in [4.69, 9.17) is 0 Å². The molecule has 6 nitrogen and oxygen atoms in total. The second kappa shape index (κ2) is 7.26. The number of hydrogen-bond acceptors (Lipinski definition) is 3. The highest BCUT2D eigenvalue weighted by Gasteiger charge is 2.55. The molecule has 1 aliphatic heterocycles. The van der Waals surface area contributed by atoms with E-state index < -0.39 is 39.4 Å². The summed E-state index contributed by atoms with van der Waals surface area (Å²) in [6, 6.07) is 1.82. The molecule has 158 valence electrons. The Balaban J connectivity index is 2.39. The fraction of sp³-hybridized carbons (Fsp3) is 0.588. The molecule has 1 amide bonds. The van der Waals surface area contributed by atoms with Gasteiger partial charge in [0, 0.05) is 4.47 Å². The lowest BCUT2D eigenvalue weighted by molar-refractivity contribution is -0.928. The van der Waals surface area contributed by atoms with Crippen molar-refractivity contribution in [1.82, 2.24) is 4.31 Å². The summed E-state index contributed by atoms with van der Waals surface area (Å²) in [6.07, 6.45) is -5.62. The van der Waals surface area contributed by atoms with E-state index in [2.05, 4.69) is 15.9 Å². The van der Waals surface area contributed by atoms with Crippen LogP contribution in [0.4, 0.5) is 18.0 Å². The van der Waals surface area contributed by atoms with Crippen LogP contribution in [0.15, 0.2) is 27.6 Å². The van der Waals surface area contributed by atoms with E-state index in [1.54, 1.807) is 27.7 Å². The van der Waals surface area contributed by atoms with Crippen LogP contribution in [0.25, 0.3) is 0 Å². The number of rotatable bonds is 2. The lowest BCUT2D eigenvalue weighted by atomic mass is 9.96. The molecule has 0 bridgehead atoms. The highest BCUT2D eigenvalue weighted by atomic mass is 79.9. The minimum absolute atomic E-state index is 0.0519. The largest absolute Gasteiger partial charge is 0.514 e. The van der Waals surface area contributed by atoms with Crippen molar-refractivity contribution in [3.05, 3.63) is 28.2 Å². The smallest absolute Gasteiger partial charge is 0.435 e. The van der Waals surface area contributed by atoms with Gasteiger partial charge in [-0.3, -0.25) is 0 Å². The van der Waals surface area contributed by atoms with Gasteiger partial charge in [0.25, 0.3) is 0 Å². The number of piperazine rings is 1. The molecule has 1 aromatic rings. The lowest BCUT2D eigenvalue weighted by Gasteiger charge is -2.51. The standard InChI is InChI=1S/C17H22BrF3N2O4S/c1-11-10-22(7-8-23(11,15(24)25)16(2,3)4)28(26,27)14-6-5-12(9-13(14)18)17(19,20)21/h5-6,9,11H,7-8,10H2,1-4H3/p+1/t11-,23?/m0/s1. The van der Waals surface area contributed by atoms with Gasteiger partial charge >= 0.3 is 12.3 Å². The molecular formula is C17H23BrF3N2O4S+. The second-order valence-corrected chi connectivity index (χ2v) is 10.7. The van der Waals surface area contributed by atoms with Crippen LogP contribution in [-0.4, -0.2) is 59.6 Å². The SMILES string of the molecule is C[C@H]1CN(S(=O)(=O)c2ccc(C(F)(F)F)cc2Br)CC[N+]1(C(=O)O)C(C)(C)C. The number of carboxylic acid groups (broad SMARTS) is 1. The fourth-order valence-corrected chi connectivity index (χ4v) is 6.38. The van der Waals surface area contributed by atoms with E-state index >= 15 is 0 Å². The molecule has 1 heterocycles. The Morgan fingerprint density at radius 1 is 1.29 bits per heavy atom. The van der Waals surface area contributed by atoms with Crippen molar-refractivity contribution in [1.29, 1.82) is 0 Å². The number of benzene rings is 1.